The number of hydrogen-bond donors (Lipinski definition) is 4. The summed E-state index contributed by atoms with van der Waals surface area (Å²) in [6, 6.07) is -2.88. The molecule has 0 unspecified atom stereocenters. The summed E-state index contributed by atoms with van der Waals surface area (Å²) in [6.07, 6.45) is -2.79. The number of nitrogens with zero attached hydrogens (tertiary/aromatic N) is 2. The van der Waals surface area contributed by atoms with E-state index in [4.69, 9.17) is 25.1 Å². The number of carbonyl (C=O) groups excluding carboxylic acids is 5. The van der Waals surface area contributed by atoms with Gasteiger partial charge >= 0.3 is 30.3 Å². The molecule has 0 spiro atoms. The molecule has 0 saturated carbocycles. The van der Waals surface area contributed by atoms with Crippen LogP contribution in [0, 0.1) is 0 Å². The van der Waals surface area contributed by atoms with E-state index in [1.807, 2.05) is 13.8 Å². The van der Waals surface area contributed by atoms with Crippen LogP contribution in [0.3, 0.4) is 0 Å². The molecule has 0 aromatic rings. The van der Waals surface area contributed by atoms with Gasteiger partial charge in [0.2, 0.25) is 11.8 Å². The largest absolute Gasteiger partial charge is 0.519 e. The van der Waals surface area contributed by atoms with E-state index < -0.39 is 80.8 Å². The SMILES string of the molecule is CC(C)(C)OC(=O)N[C@@H]1C(=O)N2[C@@H]1SC(C)(C)[C@@H]2C(=O)O.CC(C)(C)OC(=O)OC(=O)OC(C)(C)C.CC1(C)S[C@@H]2[C@H](N)C(=O)N2[C@H]1C(=O)O.I.II. The number of carboxylic acid groups (broad SMARTS) is 2. The van der Waals surface area contributed by atoms with Crippen LogP contribution in [0.1, 0.15) is 90.0 Å². The third-order valence-corrected chi connectivity index (χ3v) is 10.2. The Balaban J connectivity index is 0.000000759. The van der Waals surface area contributed by atoms with Crippen molar-refractivity contribution < 1.29 is 62.7 Å². The van der Waals surface area contributed by atoms with Gasteiger partial charge < -0.3 is 50.0 Å². The molecule has 6 atom stereocenters. The van der Waals surface area contributed by atoms with Crippen LogP contribution in [0.2, 0.25) is 0 Å². The smallest absolute Gasteiger partial charge is 0.480 e. The van der Waals surface area contributed by atoms with Crippen LogP contribution < -0.4 is 11.1 Å². The molecule has 306 valence electrons. The molecule has 0 aromatic carbocycles. The molecule has 4 heterocycles. The Morgan fingerprint density at radius 2 is 1.04 bits per heavy atom. The lowest BCUT2D eigenvalue weighted by Crippen LogP contribution is -2.70. The number of β-lactam (4-membered cyclic amide) rings is 2. The highest BCUT2D eigenvalue weighted by atomic mass is 128. The Morgan fingerprint density at radius 1 is 0.698 bits per heavy atom. The first-order valence-corrected chi connectivity index (χ1v) is 23.8. The molecule has 0 aliphatic carbocycles. The molecule has 17 nitrogen and oxygen atoms in total. The maximum atomic E-state index is 12.1. The summed E-state index contributed by atoms with van der Waals surface area (Å²) >= 11 is 7.08. The summed E-state index contributed by atoms with van der Waals surface area (Å²) < 4.78 is 17.9. The second-order valence-electron chi connectivity index (χ2n) is 15.9. The summed E-state index contributed by atoms with van der Waals surface area (Å²) in [5.41, 5.74) is 3.54. The van der Waals surface area contributed by atoms with Gasteiger partial charge in [-0.25, -0.2) is 24.0 Å². The zero-order valence-corrected chi connectivity index (χ0v) is 40.1. The maximum absolute atomic E-state index is 12.1. The van der Waals surface area contributed by atoms with Crippen LogP contribution >= 0.6 is 84.7 Å². The number of fused-ring (bicyclic) bond motifs is 2. The van der Waals surface area contributed by atoms with Crippen molar-refractivity contribution in [2.75, 3.05) is 0 Å². The first kappa shape index (κ1) is 51.7. The van der Waals surface area contributed by atoms with Crippen LogP contribution in [0.5, 0.6) is 0 Å². The number of halogens is 3. The second-order valence-corrected chi connectivity index (χ2v) is 19.4. The molecule has 0 aromatic heterocycles. The van der Waals surface area contributed by atoms with Gasteiger partial charge in [0, 0.05) is 46.7 Å². The molecular weight excluding hydrogens is 1080 g/mol. The van der Waals surface area contributed by atoms with Crippen molar-refractivity contribution in [1.29, 1.82) is 0 Å². The summed E-state index contributed by atoms with van der Waals surface area (Å²) in [5, 5.41) is 20.3. The van der Waals surface area contributed by atoms with Gasteiger partial charge in [0.05, 0.1) is 0 Å². The number of nitrogens with one attached hydrogen (secondary N) is 1. The van der Waals surface area contributed by atoms with Crippen LogP contribution in [0.15, 0.2) is 0 Å². The van der Waals surface area contributed by atoms with Crippen molar-refractivity contribution in [1.82, 2.24) is 15.1 Å². The van der Waals surface area contributed by atoms with Gasteiger partial charge in [-0.1, -0.05) is 0 Å². The Kier molecular flexibility index (Phi) is 18.8. The zero-order chi connectivity index (χ0) is 41.1. The van der Waals surface area contributed by atoms with Gasteiger partial charge in [0.15, 0.2) is 0 Å². The lowest BCUT2D eigenvalue weighted by atomic mass is 9.96. The molecule has 0 radical (unpaired) electrons. The molecule has 53 heavy (non-hydrogen) atoms. The minimum atomic E-state index is -1.06. The van der Waals surface area contributed by atoms with E-state index in [1.54, 1.807) is 76.2 Å². The molecule has 0 bridgehead atoms. The monoisotopic (exact) mass is 1130 g/mol. The van der Waals surface area contributed by atoms with Gasteiger partial charge in [0.1, 0.15) is 51.7 Å². The molecule has 4 rings (SSSR count). The topological polar surface area (TPSA) is 241 Å². The van der Waals surface area contributed by atoms with Crippen molar-refractivity contribution in [2.24, 2.45) is 5.73 Å². The van der Waals surface area contributed by atoms with E-state index in [9.17, 15) is 38.7 Å². The quantitative estimate of drug-likeness (QED) is 0.0865. The number of ether oxygens (including phenoxy) is 4. The average Bonchev–Trinajstić information content (AvgIpc) is 3.35. The fourth-order valence-corrected chi connectivity index (χ4v) is 8.42. The lowest BCUT2D eigenvalue weighted by Gasteiger charge is -2.43. The summed E-state index contributed by atoms with van der Waals surface area (Å²) in [5.74, 6) is -2.61. The third kappa shape index (κ3) is 14.3. The predicted octanol–water partition coefficient (Wildman–Crippen LogP) is 5.75. The lowest BCUT2D eigenvalue weighted by molar-refractivity contribution is -0.160. The Bertz CT molecular complexity index is 1370. The zero-order valence-electron chi connectivity index (χ0n) is 31.8. The molecule has 4 aliphatic rings. The van der Waals surface area contributed by atoms with E-state index in [0.29, 0.717) is 0 Å². The maximum Gasteiger partial charge on any atom is 0.519 e. The fourth-order valence-electron chi connectivity index (χ4n) is 5.23. The number of nitrogens with two attached hydrogens (primary N) is 1. The number of carboxylic acids is 2. The van der Waals surface area contributed by atoms with E-state index >= 15 is 0 Å². The molecule has 4 aliphatic heterocycles. The highest BCUT2D eigenvalue weighted by Crippen LogP contribution is 2.51. The van der Waals surface area contributed by atoms with Gasteiger partial charge in [-0.15, -0.1) is 47.5 Å². The minimum Gasteiger partial charge on any atom is -0.480 e. The van der Waals surface area contributed by atoms with E-state index in [0.717, 1.165) is 0 Å². The number of carbonyl (C=O) groups is 7. The standard InChI is InChI=1S/C13H20N2O5S.C10H18O5.C8H12N2O3S.I2.HI/c1-12(2,3)20-11(19)14-6-8(16)15-7(10(17)18)13(4,5)21-9(6)15;1-9(2,3)14-7(11)13-8(12)15-10(4,5)6;1-8(2)4(7(12)13)10-5(11)3(9)6(10)14-8;1-2;/h6-7,9H,1-5H3,(H,14,19)(H,17,18);1-6H3;3-4,6H,9H2,1-2H3,(H,12,13);;1H/t6-,7+,9-;;3-,4+,6-;;/m1.1../s1. The molecular formula is C31H51I3N4O13S2. The number of rotatable bonds is 3. The molecule has 3 amide bonds. The third-order valence-electron chi connectivity index (χ3n) is 7.01. The second kappa shape index (κ2) is 19.3. The Hall–Kier alpha value is -1.26. The normalized spacial score (nSPS) is 25.9. The molecule has 4 fully saturated rings. The van der Waals surface area contributed by atoms with Gasteiger partial charge in [-0.3, -0.25) is 9.59 Å². The van der Waals surface area contributed by atoms with Crippen molar-refractivity contribution in [3.8, 4) is 0 Å². The summed E-state index contributed by atoms with van der Waals surface area (Å²) in [6.45, 7) is 22.4. The highest BCUT2D eigenvalue weighted by Gasteiger charge is 2.65. The predicted molar refractivity (Wildman–Crippen MR) is 226 cm³/mol. The van der Waals surface area contributed by atoms with Crippen molar-refractivity contribution in [3.63, 3.8) is 0 Å². The van der Waals surface area contributed by atoms with Crippen molar-refractivity contribution in [3.05, 3.63) is 0 Å². The molecule has 22 heteroatoms. The van der Waals surface area contributed by atoms with Crippen LogP contribution in [-0.4, -0.2) is 123 Å². The van der Waals surface area contributed by atoms with Crippen LogP contribution in [0.4, 0.5) is 14.4 Å². The van der Waals surface area contributed by atoms with Crippen molar-refractivity contribution >= 4 is 127 Å². The van der Waals surface area contributed by atoms with Gasteiger partial charge in [-0.05, 0) is 90.0 Å². The number of thioether (sulfide) groups is 2. The van der Waals surface area contributed by atoms with Gasteiger partial charge in [-0.2, -0.15) is 0 Å². The van der Waals surface area contributed by atoms with Gasteiger partial charge in [0.25, 0.3) is 0 Å². The van der Waals surface area contributed by atoms with E-state index in [2.05, 4.69) is 47.3 Å². The number of hydrogen-bond acceptors (Lipinski definition) is 14. The Labute approximate surface area is 358 Å². The summed E-state index contributed by atoms with van der Waals surface area (Å²) in [7, 11) is 0. The average molecular weight is 1130 g/mol. The molecule has 4 saturated heterocycles. The fraction of sp³-hybridized carbons (Fsp3) is 0.774. The molecule has 5 N–H and O–H groups in total. The van der Waals surface area contributed by atoms with E-state index in [1.165, 1.54) is 33.3 Å². The first-order valence-electron chi connectivity index (χ1n) is 15.8. The number of aliphatic carboxylic acids is 2. The Morgan fingerprint density at radius 3 is 1.38 bits per heavy atom. The summed E-state index contributed by atoms with van der Waals surface area (Å²) in [4.78, 5) is 82.3. The van der Waals surface area contributed by atoms with Crippen LogP contribution in [0.25, 0.3) is 0 Å². The van der Waals surface area contributed by atoms with Crippen LogP contribution in [-0.2, 0) is 38.1 Å². The number of alkyl carbamates (subject to hydrolysis) is 1. The van der Waals surface area contributed by atoms with E-state index in [-0.39, 0.29) is 46.5 Å². The number of amides is 3. The minimum absolute atomic E-state index is 0. The first-order chi connectivity index (χ1) is 23.3. The highest BCUT2D eigenvalue weighted by molar-refractivity contribution is 15.0. The van der Waals surface area contributed by atoms with Crippen molar-refractivity contribution in [2.45, 2.75) is 151 Å².